The number of carbonyl (C=O) groups is 1. The van der Waals surface area contributed by atoms with Crippen molar-refractivity contribution < 1.29 is 9.18 Å². The van der Waals surface area contributed by atoms with Gasteiger partial charge in [0.15, 0.2) is 5.16 Å². The lowest BCUT2D eigenvalue weighted by Gasteiger charge is -2.17. The van der Waals surface area contributed by atoms with Crippen molar-refractivity contribution in [1.82, 2.24) is 9.97 Å². The molecule has 128 valence electrons. The molecule has 0 saturated carbocycles. The highest BCUT2D eigenvalue weighted by Gasteiger charge is 2.10. The van der Waals surface area contributed by atoms with Gasteiger partial charge in [-0.2, -0.15) is 0 Å². The molecule has 0 radical (unpaired) electrons. The van der Waals surface area contributed by atoms with Gasteiger partial charge in [-0.1, -0.05) is 30.3 Å². The standard InChI is InChI=1S/C16H18ClFN4OS/c1-3-8-22(2)14-9-13(17)20-16(21-14)24-10-15(23)19-12-6-4-11(18)5-7-12/h4-7,9H,3,8,10H2,1-2H3,(H,19,23). The van der Waals surface area contributed by atoms with Crippen LogP contribution in [0.3, 0.4) is 0 Å². The predicted molar refractivity (Wildman–Crippen MR) is 96.4 cm³/mol. The third-order valence-corrected chi connectivity index (χ3v) is 4.11. The van der Waals surface area contributed by atoms with Crippen molar-refractivity contribution in [2.75, 3.05) is 29.6 Å². The van der Waals surface area contributed by atoms with Gasteiger partial charge in [0.2, 0.25) is 5.91 Å². The van der Waals surface area contributed by atoms with Gasteiger partial charge in [-0.3, -0.25) is 4.79 Å². The van der Waals surface area contributed by atoms with Gasteiger partial charge < -0.3 is 10.2 Å². The van der Waals surface area contributed by atoms with Crippen molar-refractivity contribution in [1.29, 1.82) is 0 Å². The first-order valence-corrected chi connectivity index (χ1v) is 8.78. The first-order chi connectivity index (χ1) is 11.5. The molecule has 0 aliphatic rings. The Morgan fingerprint density at radius 3 is 2.71 bits per heavy atom. The van der Waals surface area contributed by atoms with E-state index in [1.165, 1.54) is 36.0 Å². The molecule has 1 N–H and O–H groups in total. The highest BCUT2D eigenvalue weighted by Crippen LogP contribution is 2.21. The Morgan fingerprint density at radius 2 is 2.04 bits per heavy atom. The highest BCUT2D eigenvalue weighted by molar-refractivity contribution is 7.99. The van der Waals surface area contributed by atoms with Crippen molar-refractivity contribution in [2.45, 2.75) is 18.5 Å². The molecular weight excluding hydrogens is 351 g/mol. The zero-order chi connectivity index (χ0) is 17.5. The van der Waals surface area contributed by atoms with Crippen molar-refractivity contribution in [3.05, 3.63) is 41.3 Å². The van der Waals surface area contributed by atoms with E-state index in [2.05, 4.69) is 22.2 Å². The number of thioether (sulfide) groups is 1. The SMILES string of the molecule is CCCN(C)c1cc(Cl)nc(SCC(=O)Nc2ccc(F)cc2)n1. The normalized spacial score (nSPS) is 10.5. The third kappa shape index (κ3) is 5.65. The summed E-state index contributed by atoms with van der Waals surface area (Å²) in [5, 5.41) is 3.46. The number of halogens is 2. The molecule has 5 nitrogen and oxygen atoms in total. The van der Waals surface area contributed by atoms with Crippen LogP contribution in [-0.4, -0.2) is 35.2 Å². The predicted octanol–water partition coefficient (Wildman–Crippen LogP) is 3.85. The molecule has 0 aliphatic carbocycles. The second-order valence-electron chi connectivity index (χ2n) is 5.10. The Labute approximate surface area is 149 Å². The topological polar surface area (TPSA) is 58.1 Å². The monoisotopic (exact) mass is 368 g/mol. The minimum absolute atomic E-state index is 0.134. The van der Waals surface area contributed by atoms with E-state index in [9.17, 15) is 9.18 Å². The molecule has 1 aromatic carbocycles. The number of benzene rings is 1. The molecule has 2 aromatic rings. The van der Waals surface area contributed by atoms with E-state index in [-0.39, 0.29) is 17.5 Å². The number of hydrogen-bond acceptors (Lipinski definition) is 5. The summed E-state index contributed by atoms with van der Waals surface area (Å²) in [6.07, 6.45) is 0.987. The summed E-state index contributed by atoms with van der Waals surface area (Å²) in [5.41, 5.74) is 0.539. The van der Waals surface area contributed by atoms with Gasteiger partial charge in [-0.15, -0.1) is 0 Å². The first kappa shape index (κ1) is 18.5. The van der Waals surface area contributed by atoms with Crippen molar-refractivity contribution in [2.24, 2.45) is 0 Å². The summed E-state index contributed by atoms with van der Waals surface area (Å²) in [7, 11) is 1.93. The van der Waals surface area contributed by atoms with E-state index in [0.29, 0.717) is 16.0 Å². The second-order valence-corrected chi connectivity index (χ2v) is 6.43. The molecule has 2 rings (SSSR count). The maximum atomic E-state index is 12.8. The number of nitrogens with one attached hydrogen (secondary N) is 1. The van der Waals surface area contributed by atoms with Crippen molar-refractivity contribution >= 4 is 40.8 Å². The van der Waals surface area contributed by atoms with Crippen molar-refractivity contribution in [3.8, 4) is 0 Å². The van der Waals surface area contributed by atoms with E-state index < -0.39 is 0 Å². The number of hydrogen-bond donors (Lipinski definition) is 1. The number of carbonyl (C=O) groups excluding carboxylic acids is 1. The van der Waals surface area contributed by atoms with Crippen LogP contribution in [0.25, 0.3) is 0 Å². The molecule has 1 aromatic heterocycles. The van der Waals surface area contributed by atoms with Gasteiger partial charge >= 0.3 is 0 Å². The van der Waals surface area contributed by atoms with Crippen LogP contribution in [0.1, 0.15) is 13.3 Å². The summed E-state index contributed by atoms with van der Waals surface area (Å²) < 4.78 is 12.8. The summed E-state index contributed by atoms with van der Waals surface area (Å²) in [6.45, 7) is 2.93. The summed E-state index contributed by atoms with van der Waals surface area (Å²) in [4.78, 5) is 22.5. The Bertz CT molecular complexity index is 699. The Balaban J connectivity index is 1.95. The van der Waals surface area contributed by atoms with Crippen LogP contribution in [0.15, 0.2) is 35.5 Å². The molecule has 0 aliphatic heterocycles. The maximum Gasteiger partial charge on any atom is 0.234 e. The van der Waals surface area contributed by atoms with E-state index in [1.54, 1.807) is 6.07 Å². The van der Waals surface area contributed by atoms with Crippen LogP contribution in [0, 0.1) is 5.82 Å². The van der Waals surface area contributed by atoms with Gasteiger partial charge in [-0.25, -0.2) is 14.4 Å². The third-order valence-electron chi connectivity index (χ3n) is 3.07. The van der Waals surface area contributed by atoms with Gasteiger partial charge in [0, 0.05) is 25.3 Å². The van der Waals surface area contributed by atoms with Crippen LogP contribution < -0.4 is 10.2 Å². The Hall–Kier alpha value is -1.86. The summed E-state index contributed by atoms with van der Waals surface area (Å²) in [6, 6.07) is 7.29. The van der Waals surface area contributed by atoms with Gasteiger partial charge in [0.25, 0.3) is 0 Å². The fourth-order valence-electron chi connectivity index (χ4n) is 1.96. The van der Waals surface area contributed by atoms with Crippen LogP contribution in [0.4, 0.5) is 15.9 Å². The lowest BCUT2D eigenvalue weighted by molar-refractivity contribution is -0.113. The lowest BCUT2D eigenvalue weighted by atomic mass is 10.3. The quantitative estimate of drug-likeness (QED) is 0.457. The number of anilines is 2. The van der Waals surface area contributed by atoms with E-state index in [4.69, 9.17) is 11.6 Å². The zero-order valence-electron chi connectivity index (χ0n) is 13.4. The second kappa shape index (κ2) is 8.84. The molecule has 0 unspecified atom stereocenters. The molecule has 0 saturated heterocycles. The Morgan fingerprint density at radius 1 is 1.33 bits per heavy atom. The molecule has 0 atom stereocenters. The molecule has 8 heteroatoms. The summed E-state index contributed by atoms with van der Waals surface area (Å²) >= 11 is 7.22. The number of amides is 1. The molecule has 0 fully saturated rings. The van der Waals surface area contributed by atoms with Crippen LogP contribution in [-0.2, 0) is 4.79 Å². The maximum absolute atomic E-state index is 12.8. The van der Waals surface area contributed by atoms with E-state index in [0.717, 1.165) is 18.8 Å². The number of rotatable bonds is 7. The largest absolute Gasteiger partial charge is 0.360 e. The minimum atomic E-state index is -0.349. The lowest BCUT2D eigenvalue weighted by Crippen LogP contribution is -2.19. The zero-order valence-corrected chi connectivity index (χ0v) is 15.0. The fraction of sp³-hybridized carbons (Fsp3) is 0.312. The molecule has 1 heterocycles. The minimum Gasteiger partial charge on any atom is -0.360 e. The smallest absolute Gasteiger partial charge is 0.234 e. The average molecular weight is 369 g/mol. The summed E-state index contributed by atoms with van der Waals surface area (Å²) in [5.74, 6) is 0.282. The number of nitrogens with zero attached hydrogens (tertiary/aromatic N) is 3. The van der Waals surface area contributed by atoms with E-state index in [1.807, 2.05) is 11.9 Å². The fourth-order valence-corrected chi connectivity index (χ4v) is 2.84. The van der Waals surface area contributed by atoms with Crippen LogP contribution >= 0.6 is 23.4 Å². The first-order valence-electron chi connectivity index (χ1n) is 7.42. The molecule has 0 spiro atoms. The van der Waals surface area contributed by atoms with Gasteiger partial charge in [-0.05, 0) is 30.7 Å². The Kier molecular flexibility index (Phi) is 6.81. The molecule has 1 amide bonds. The molecule has 24 heavy (non-hydrogen) atoms. The average Bonchev–Trinajstić information content (AvgIpc) is 2.55. The van der Waals surface area contributed by atoms with Gasteiger partial charge in [0.1, 0.15) is 16.8 Å². The van der Waals surface area contributed by atoms with Crippen LogP contribution in [0.2, 0.25) is 5.15 Å². The van der Waals surface area contributed by atoms with Gasteiger partial charge in [0.05, 0.1) is 5.75 Å². The number of aromatic nitrogens is 2. The van der Waals surface area contributed by atoms with Crippen LogP contribution in [0.5, 0.6) is 0 Å². The van der Waals surface area contributed by atoms with Crippen molar-refractivity contribution in [3.63, 3.8) is 0 Å². The molecule has 0 bridgehead atoms. The highest BCUT2D eigenvalue weighted by atomic mass is 35.5. The van der Waals surface area contributed by atoms with E-state index >= 15 is 0 Å². The molecular formula is C16H18ClFN4OS.